The molecule has 1 aliphatic heterocycles. The molecule has 19 heavy (non-hydrogen) atoms. The highest BCUT2D eigenvalue weighted by Gasteiger charge is 2.27. The van der Waals surface area contributed by atoms with Gasteiger partial charge in [-0.25, -0.2) is 4.39 Å². The molecule has 3 N–H and O–H groups in total. The van der Waals surface area contributed by atoms with Crippen molar-refractivity contribution >= 4 is 5.91 Å². The average Bonchev–Trinajstić information content (AvgIpc) is 2.84. The molecule has 1 aromatic carbocycles. The van der Waals surface area contributed by atoms with Gasteiger partial charge >= 0.3 is 0 Å². The van der Waals surface area contributed by atoms with Gasteiger partial charge in [0.1, 0.15) is 5.82 Å². The van der Waals surface area contributed by atoms with Crippen molar-refractivity contribution in [2.45, 2.75) is 12.5 Å². The highest BCUT2D eigenvalue weighted by molar-refractivity contribution is 5.95. The van der Waals surface area contributed by atoms with Gasteiger partial charge in [0.15, 0.2) is 0 Å². The molecule has 100 valence electrons. The van der Waals surface area contributed by atoms with E-state index in [0.717, 1.165) is 0 Å². The number of nitrogens with two attached hydrogens (primary N) is 1. The summed E-state index contributed by atoms with van der Waals surface area (Å²) in [4.78, 5) is 13.6. The van der Waals surface area contributed by atoms with Gasteiger partial charge in [-0.2, -0.15) is 0 Å². The molecule has 1 unspecified atom stereocenters. The van der Waals surface area contributed by atoms with E-state index in [0.29, 0.717) is 18.5 Å². The van der Waals surface area contributed by atoms with Crippen molar-refractivity contribution in [2.24, 2.45) is 5.73 Å². The molecule has 0 aromatic heterocycles. The lowest BCUT2D eigenvalue weighted by Gasteiger charge is -2.16. The summed E-state index contributed by atoms with van der Waals surface area (Å²) >= 11 is 0. The van der Waals surface area contributed by atoms with Crippen molar-refractivity contribution in [3.05, 3.63) is 35.1 Å². The molecule has 1 aromatic rings. The van der Waals surface area contributed by atoms with Gasteiger partial charge in [0, 0.05) is 18.7 Å². The van der Waals surface area contributed by atoms with Crippen LogP contribution in [0.3, 0.4) is 0 Å². The van der Waals surface area contributed by atoms with Crippen LogP contribution >= 0.6 is 0 Å². The highest BCUT2D eigenvalue weighted by atomic mass is 19.1. The number of nitrogens with zero attached hydrogens (tertiary/aromatic N) is 1. The Morgan fingerprint density at radius 1 is 1.58 bits per heavy atom. The fourth-order valence-electron chi connectivity index (χ4n) is 2.02. The quantitative estimate of drug-likeness (QED) is 0.717. The van der Waals surface area contributed by atoms with E-state index in [1.165, 1.54) is 23.1 Å². The van der Waals surface area contributed by atoms with E-state index in [4.69, 9.17) is 5.73 Å². The largest absolute Gasteiger partial charge is 0.391 e. The zero-order valence-corrected chi connectivity index (χ0v) is 10.4. The van der Waals surface area contributed by atoms with Gasteiger partial charge in [0.05, 0.1) is 18.2 Å². The van der Waals surface area contributed by atoms with Crippen LogP contribution in [0.25, 0.3) is 0 Å². The Morgan fingerprint density at radius 3 is 3.00 bits per heavy atom. The zero-order valence-electron chi connectivity index (χ0n) is 10.4. The number of carbonyl (C=O) groups is 1. The van der Waals surface area contributed by atoms with Gasteiger partial charge in [-0.1, -0.05) is 11.8 Å². The molecular weight excluding hydrogens is 247 g/mol. The minimum absolute atomic E-state index is 0.0158. The van der Waals surface area contributed by atoms with Crippen LogP contribution in [0.4, 0.5) is 4.39 Å². The molecule has 0 radical (unpaired) electrons. The highest BCUT2D eigenvalue weighted by Crippen LogP contribution is 2.17. The SMILES string of the molecule is NCC#Cc1ccc(F)c(C(=O)N2CCC(O)C2)c1. The minimum Gasteiger partial charge on any atom is -0.391 e. The summed E-state index contributed by atoms with van der Waals surface area (Å²) < 4.78 is 13.7. The maximum atomic E-state index is 13.7. The second-order valence-electron chi connectivity index (χ2n) is 4.39. The summed E-state index contributed by atoms with van der Waals surface area (Å²) in [5.74, 6) is 4.43. The van der Waals surface area contributed by atoms with E-state index in [1.807, 2.05) is 0 Å². The third kappa shape index (κ3) is 3.11. The van der Waals surface area contributed by atoms with Crippen LogP contribution in [0.1, 0.15) is 22.3 Å². The van der Waals surface area contributed by atoms with Crippen LogP contribution in [0.15, 0.2) is 18.2 Å². The second kappa shape index (κ2) is 5.83. The van der Waals surface area contributed by atoms with Crippen LogP contribution in [0.2, 0.25) is 0 Å². The standard InChI is InChI=1S/C14H15FN2O2/c15-13-4-3-10(2-1-6-16)8-12(13)14(19)17-7-5-11(18)9-17/h3-4,8,11,18H,5-7,9,16H2. The lowest BCUT2D eigenvalue weighted by atomic mass is 10.1. The lowest BCUT2D eigenvalue weighted by Crippen LogP contribution is -2.30. The molecule has 0 saturated carbocycles. The third-order valence-corrected chi connectivity index (χ3v) is 2.98. The number of hydrogen-bond acceptors (Lipinski definition) is 3. The van der Waals surface area contributed by atoms with Crippen LogP contribution in [0, 0.1) is 17.7 Å². The van der Waals surface area contributed by atoms with Gasteiger partial charge in [0.2, 0.25) is 0 Å². The first-order valence-corrected chi connectivity index (χ1v) is 6.07. The molecule has 1 atom stereocenters. The molecule has 1 fully saturated rings. The Hall–Kier alpha value is -1.90. The first-order valence-electron chi connectivity index (χ1n) is 6.07. The monoisotopic (exact) mass is 262 g/mol. The number of β-amino-alcohol motifs (C(OH)–C–C–N with tert-alkyl or cyclic N) is 1. The Labute approximate surface area is 111 Å². The number of benzene rings is 1. The number of aliphatic hydroxyl groups excluding tert-OH is 1. The third-order valence-electron chi connectivity index (χ3n) is 2.98. The molecule has 1 heterocycles. The van der Waals surface area contributed by atoms with E-state index in [2.05, 4.69) is 11.8 Å². The Bertz CT molecular complexity index is 548. The number of halogens is 1. The van der Waals surface area contributed by atoms with Gasteiger partial charge in [-0.15, -0.1) is 0 Å². The Morgan fingerprint density at radius 2 is 2.37 bits per heavy atom. The summed E-state index contributed by atoms with van der Waals surface area (Å²) in [7, 11) is 0. The van der Waals surface area contributed by atoms with E-state index >= 15 is 0 Å². The summed E-state index contributed by atoms with van der Waals surface area (Å²) in [6, 6.07) is 4.15. The summed E-state index contributed by atoms with van der Waals surface area (Å²) in [6.07, 6.45) is 0.00672. The summed E-state index contributed by atoms with van der Waals surface area (Å²) in [6.45, 7) is 0.897. The number of hydrogen-bond donors (Lipinski definition) is 2. The van der Waals surface area contributed by atoms with Gasteiger partial charge < -0.3 is 15.7 Å². The number of carbonyl (C=O) groups excluding carboxylic acids is 1. The number of likely N-dealkylation sites (tertiary alicyclic amines) is 1. The number of amides is 1. The maximum Gasteiger partial charge on any atom is 0.256 e. The topological polar surface area (TPSA) is 66.6 Å². The first-order chi connectivity index (χ1) is 9.11. The van der Waals surface area contributed by atoms with Gasteiger partial charge in [-0.05, 0) is 24.6 Å². The minimum atomic E-state index is -0.579. The van der Waals surface area contributed by atoms with Crippen LogP contribution < -0.4 is 5.73 Å². The van der Waals surface area contributed by atoms with Gasteiger partial charge in [0.25, 0.3) is 5.91 Å². The summed E-state index contributed by atoms with van der Waals surface area (Å²) in [5, 5.41) is 9.41. The van der Waals surface area contributed by atoms with Crippen molar-refractivity contribution in [3.8, 4) is 11.8 Å². The predicted octanol–water partition coefficient (Wildman–Crippen LogP) is 0.343. The lowest BCUT2D eigenvalue weighted by molar-refractivity contribution is 0.0760. The average molecular weight is 262 g/mol. The Balaban J connectivity index is 2.25. The van der Waals surface area contributed by atoms with Crippen molar-refractivity contribution in [3.63, 3.8) is 0 Å². The van der Waals surface area contributed by atoms with Crippen molar-refractivity contribution < 1.29 is 14.3 Å². The molecule has 4 nitrogen and oxygen atoms in total. The molecule has 0 bridgehead atoms. The van der Waals surface area contributed by atoms with E-state index in [1.54, 1.807) is 0 Å². The zero-order chi connectivity index (χ0) is 13.8. The molecule has 1 aliphatic rings. The Kier molecular flexibility index (Phi) is 4.15. The smallest absolute Gasteiger partial charge is 0.256 e. The maximum absolute atomic E-state index is 13.7. The molecule has 2 rings (SSSR count). The molecule has 1 saturated heterocycles. The van der Waals surface area contributed by atoms with Crippen molar-refractivity contribution in [1.82, 2.24) is 4.90 Å². The van der Waals surface area contributed by atoms with Crippen LogP contribution in [0.5, 0.6) is 0 Å². The number of rotatable bonds is 1. The predicted molar refractivity (Wildman–Crippen MR) is 68.9 cm³/mol. The first kappa shape index (κ1) is 13.5. The van der Waals surface area contributed by atoms with Crippen LogP contribution in [-0.2, 0) is 0 Å². The normalized spacial score (nSPS) is 18.1. The van der Waals surface area contributed by atoms with E-state index < -0.39 is 17.8 Å². The molecule has 5 heteroatoms. The number of aliphatic hydroxyl groups is 1. The molecule has 0 aliphatic carbocycles. The fourth-order valence-corrected chi connectivity index (χ4v) is 2.02. The van der Waals surface area contributed by atoms with E-state index in [-0.39, 0.29) is 18.7 Å². The fraction of sp³-hybridized carbons (Fsp3) is 0.357. The molecule has 1 amide bonds. The second-order valence-corrected chi connectivity index (χ2v) is 4.39. The summed E-state index contributed by atoms with van der Waals surface area (Å²) in [5.41, 5.74) is 5.80. The molecular formula is C14H15FN2O2. The van der Waals surface area contributed by atoms with Crippen LogP contribution in [-0.4, -0.2) is 41.7 Å². The molecule has 0 spiro atoms. The van der Waals surface area contributed by atoms with Gasteiger partial charge in [-0.3, -0.25) is 4.79 Å². The van der Waals surface area contributed by atoms with E-state index in [9.17, 15) is 14.3 Å². The van der Waals surface area contributed by atoms with Crippen molar-refractivity contribution in [1.29, 1.82) is 0 Å². The van der Waals surface area contributed by atoms with Crippen molar-refractivity contribution in [2.75, 3.05) is 19.6 Å².